The lowest BCUT2D eigenvalue weighted by atomic mass is 9.77. The largest absolute Gasteiger partial charge is 0.299 e. The van der Waals surface area contributed by atoms with Crippen molar-refractivity contribution in [2.75, 3.05) is 0 Å². The molecule has 0 N–H and O–H groups in total. The van der Waals surface area contributed by atoms with Gasteiger partial charge in [0.1, 0.15) is 5.78 Å². The second-order valence-electron chi connectivity index (χ2n) is 5.54. The van der Waals surface area contributed by atoms with Crippen LogP contribution in [0.1, 0.15) is 65.7 Å². The normalized spacial score (nSPS) is 27.3. The van der Waals surface area contributed by atoms with Crippen molar-refractivity contribution < 1.29 is 4.79 Å². The van der Waals surface area contributed by atoms with E-state index in [1.54, 1.807) is 0 Å². The molecule has 88 valence electrons. The molecule has 1 heteroatoms. The van der Waals surface area contributed by atoms with E-state index in [0.717, 1.165) is 31.1 Å². The highest BCUT2D eigenvalue weighted by Gasteiger charge is 2.27. The minimum absolute atomic E-state index is 0.405. The van der Waals surface area contributed by atoms with Gasteiger partial charge in [0.05, 0.1) is 0 Å². The monoisotopic (exact) mass is 210 g/mol. The zero-order chi connectivity index (χ0) is 11.3. The molecule has 0 radical (unpaired) electrons. The number of Topliss-reactive ketones (excluding diaryl/α,β-unsaturated/α-hetero) is 1. The molecule has 1 rings (SSSR count). The fraction of sp³-hybridized carbons (Fsp3) is 0.929. The summed E-state index contributed by atoms with van der Waals surface area (Å²) in [5.74, 6) is 2.56. The van der Waals surface area contributed by atoms with Crippen LogP contribution in [0.5, 0.6) is 0 Å². The molecule has 0 saturated heterocycles. The highest BCUT2D eigenvalue weighted by Crippen LogP contribution is 2.31. The van der Waals surface area contributed by atoms with E-state index in [1.165, 1.54) is 25.7 Å². The van der Waals surface area contributed by atoms with Crippen molar-refractivity contribution in [3.63, 3.8) is 0 Å². The molecule has 0 aromatic rings. The van der Waals surface area contributed by atoms with Gasteiger partial charge in [0.25, 0.3) is 0 Å². The van der Waals surface area contributed by atoms with E-state index in [0.29, 0.717) is 11.7 Å². The molecule has 0 heterocycles. The van der Waals surface area contributed by atoms with Gasteiger partial charge in [-0.1, -0.05) is 40.0 Å². The first kappa shape index (κ1) is 12.7. The quantitative estimate of drug-likeness (QED) is 0.664. The zero-order valence-corrected chi connectivity index (χ0v) is 10.6. The van der Waals surface area contributed by atoms with Crippen LogP contribution in [0.25, 0.3) is 0 Å². The van der Waals surface area contributed by atoms with Crippen LogP contribution >= 0.6 is 0 Å². The lowest BCUT2D eigenvalue weighted by Crippen LogP contribution is -2.24. The van der Waals surface area contributed by atoms with Gasteiger partial charge in [0.15, 0.2) is 0 Å². The molecule has 0 aromatic heterocycles. The minimum Gasteiger partial charge on any atom is -0.299 e. The highest BCUT2D eigenvalue weighted by molar-refractivity contribution is 5.81. The topological polar surface area (TPSA) is 17.1 Å². The lowest BCUT2D eigenvalue weighted by Gasteiger charge is -2.27. The minimum atomic E-state index is 0.405. The Balaban J connectivity index is 2.28. The summed E-state index contributed by atoms with van der Waals surface area (Å²) in [5, 5.41) is 0. The number of rotatable bonds is 5. The third-order valence-corrected chi connectivity index (χ3v) is 3.78. The Hall–Kier alpha value is -0.330. The molecular formula is C14H26O. The first-order chi connectivity index (χ1) is 7.13. The maximum atomic E-state index is 11.7. The molecule has 0 amide bonds. The Morgan fingerprint density at radius 1 is 1.40 bits per heavy atom. The van der Waals surface area contributed by atoms with Crippen molar-refractivity contribution in [3.8, 4) is 0 Å². The molecule has 1 aliphatic carbocycles. The van der Waals surface area contributed by atoms with Crippen molar-refractivity contribution in [1.82, 2.24) is 0 Å². The average molecular weight is 210 g/mol. The Bertz CT molecular complexity index is 196. The number of carbonyl (C=O) groups excluding carboxylic acids is 1. The molecule has 1 saturated carbocycles. The zero-order valence-electron chi connectivity index (χ0n) is 10.6. The Kier molecular flexibility index (Phi) is 5.35. The van der Waals surface area contributed by atoms with E-state index >= 15 is 0 Å². The van der Waals surface area contributed by atoms with Gasteiger partial charge in [-0.2, -0.15) is 0 Å². The number of carbonyl (C=O) groups is 1. The van der Waals surface area contributed by atoms with Crippen molar-refractivity contribution in [2.24, 2.45) is 17.8 Å². The molecule has 1 fully saturated rings. The van der Waals surface area contributed by atoms with Crippen molar-refractivity contribution in [2.45, 2.75) is 65.7 Å². The molecule has 1 nitrogen and oxygen atoms in total. The van der Waals surface area contributed by atoms with Crippen LogP contribution in [0.15, 0.2) is 0 Å². The smallest absolute Gasteiger partial charge is 0.135 e. The molecule has 0 aromatic carbocycles. The summed E-state index contributed by atoms with van der Waals surface area (Å²) < 4.78 is 0. The van der Waals surface area contributed by atoms with Gasteiger partial charge in [-0.25, -0.2) is 0 Å². The number of hydrogen-bond donors (Lipinski definition) is 0. The lowest BCUT2D eigenvalue weighted by molar-refractivity contribution is -0.125. The molecule has 1 aliphatic rings. The van der Waals surface area contributed by atoms with E-state index in [9.17, 15) is 4.79 Å². The van der Waals surface area contributed by atoms with Crippen LogP contribution in [0, 0.1) is 17.8 Å². The molecule has 2 atom stereocenters. The van der Waals surface area contributed by atoms with Crippen LogP contribution in [0.4, 0.5) is 0 Å². The van der Waals surface area contributed by atoms with E-state index in [2.05, 4.69) is 20.8 Å². The van der Waals surface area contributed by atoms with Gasteiger partial charge in [0, 0.05) is 12.3 Å². The van der Waals surface area contributed by atoms with Crippen LogP contribution in [0.2, 0.25) is 0 Å². The summed E-state index contributed by atoms with van der Waals surface area (Å²) >= 11 is 0. The Morgan fingerprint density at radius 3 is 2.73 bits per heavy atom. The molecule has 0 bridgehead atoms. The summed E-state index contributed by atoms with van der Waals surface area (Å²) in [6, 6.07) is 0. The second-order valence-corrected chi connectivity index (χ2v) is 5.54. The van der Waals surface area contributed by atoms with Crippen molar-refractivity contribution >= 4 is 5.78 Å². The summed E-state index contributed by atoms with van der Waals surface area (Å²) in [4.78, 5) is 11.7. The van der Waals surface area contributed by atoms with E-state index in [-0.39, 0.29) is 0 Å². The first-order valence-corrected chi connectivity index (χ1v) is 6.66. The first-order valence-electron chi connectivity index (χ1n) is 6.66. The van der Waals surface area contributed by atoms with Gasteiger partial charge in [-0.3, -0.25) is 4.79 Å². The van der Waals surface area contributed by atoms with E-state index in [4.69, 9.17) is 0 Å². The van der Waals surface area contributed by atoms with Crippen molar-refractivity contribution in [3.05, 3.63) is 0 Å². The van der Waals surface area contributed by atoms with E-state index in [1.807, 2.05) is 0 Å². The maximum absolute atomic E-state index is 11.7. The van der Waals surface area contributed by atoms with Crippen LogP contribution in [-0.2, 0) is 4.79 Å². The predicted octanol–water partition coefficient (Wildman–Crippen LogP) is 4.21. The molecule has 15 heavy (non-hydrogen) atoms. The molecule has 0 spiro atoms. The second kappa shape index (κ2) is 6.30. The van der Waals surface area contributed by atoms with Crippen molar-refractivity contribution in [1.29, 1.82) is 0 Å². The van der Waals surface area contributed by atoms with E-state index < -0.39 is 0 Å². The van der Waals surface area contributed by atoms with Gasteiger partial charge in [-0.15, -0.1) is 0 Å². The fourth-order valence-electron chi connectivity index (χ4n) is 2.62. The van der Waals surface area contributed by atoms with Crippen LogP contribution in [-0.4, -0.2) is 5.78 Å². The van der Waals surface area contributed by atoms with Gasteiger partial charge in [-0.05, 0) is 31.1 Å². The summed E-state index contributed by atoms with van der Waals surface area (Å²) in [6.45, 7) is 6.78. The highest BCUT2D eigenvalue weighted by atomic mass is 16.1. The van der Waals surface area contributed by atoms with Gasteiger partial charge in [0.2, 0.25) is 0 Å². The predicted molar refractivity (Wildman–Crippen MR) is 64.8 cm³/mol. The summed E-state index contributed by atoms with van der Waals surface area (Å²) in [7, 11) is 0. The van der Waals surface area contributed by atoms with Gasteiger partial charge >= 0.3 is 0 Å². The third-order valence-electron chi connectivity index (χ3n) is 3.78. The van der Waals surface area contributed by atoms with Crippen LogP contribution in [0.3, 0.4) is 0 Å². The molecule has 0 aliphatic heterocycles. The molecular weight excluding hydrogens is 184 g/mol. The number of ketones is 1. The standard InChI is InChI=1S/C14H26O/c1-4-12-8-9-14(15)13(10-12)7-5-6-11(2)3/h11-13H,4-10H2,1-3H3. The van der Waals surface area contributed by atoms with Gasteiger partial charge < -0.3 is 0 Å². The SMILES string of the molecule is CCC1CCC(=O)C(CCCC(C)C)C1. The fourth-order valence-corrected chi connectivity index (χ4v) is 2.62. The van der Waals surface area contributed by atoms with Crippen LogP contribution < -0.4 is 0 Å². The summed E-state index contributed by atoms with van der Waals surface area (Å²) in [5.41, 5.74) is 0. The Morgan fingerprint density at radius 2 is 2.13 bits per heavy atom. The molecule has 2 unspecified atom stereocenters. The number of hydrogen-bond acceptors (Lipinski definition) is 1. The summed E-state index contributed by atoms with van der Waals surface area (Å²) in [6.07, 6.45) is 8.10. The average Bonchev–Trinajstić information content (AvgIpc) is 2.20. The Labute approximate surface area is 94.6 Å². The maximum Gasteiger partial charge on any atom is 0.135 e. The third kappa shape index (κ3) is 4.36.